The second kappa shape index (κ2) is 13.2. The molecule has 1 fully saturated rings. The molecule has 1 aliphatic rings. The maximum absolute atomic E-state index is 13.3. The van der Waals surface area contributed by atoms with Gasteiger partial charge in [-0.15, -0.1) is 0 Å². The van der Waals surface area contributed by atoms with Gasteiger partial charge in [0.2, 0.25) is 5.91 Å². The summed E-state index contributed by atoms with van der Waals surface area (Å²) in [7, 11) is 1.42. The van der Waals surface area contributed by atoms with E-state index in [0.717, 1.165) is 33.9 Å². The van der Waals surface area contributed by atoms with Crippen LogP contribution < -0.4 is 20.5 Å². The topological polar surface area (TPSA) is 132 Å². The Morgan fingerprint density at radius 3 is 2.68 bits per heavy atom. The Bertz CT molecular complexity index is 1720. The molecule has 44 heavy (non-hydrogen) atoms. The number of hydrazine groups is 1. The predicted molar refractivity (Wildman–Crippen MR) is 169 cm³/mol. The van der Waals surface area contributed by atoms with Crippen LogP contribution in [0.3, 0.4) is 0 Å². The maximum atomic E-state index is 13.3. The molecule has 11 nitrogen and oxygen atoms in total. The van der Waals surface area contributed by atoms with Crippen molar-refractivity contribution in [3.63, 3.8) is 0 Å². The lowest BCUT2D eigenvalue weighted by Gasteiger charge is -2.46. The van der Waals surface area contributed by atoms with E-state index in [1.165, 1.54) is 37.4 Å². The second-order valence-corrected chi connectivity index (χ2v) is 10.8. The first-order chi connectivity index (χ1) is 21.2. The monoisotopic (exact) mass is 613 g/mol. The summed E-state index contributed by atoms with van der Waals surface area (Å²) in [5.41, 5.74) is 6.59. The minimum atomic E-state index is -1.60. The number of fused-ring (bicyclic) bond motifs is 1. The highest BCUT2D eigenvalue weighted by atomic mass is 32.2. The molecule has 1 saturated heterocycles. The van der Waals surface area contributed by atoms with Crippen LogP contribution in [0.15, 0.2) is 79.0 Å². The van der Waals surface area contributed by atoms with Gasteiger partial charge in [-0.1, -0.05) is 48.2 Å². The first-order valence-corrected chi connectivity index (χ1v) is 14.9. The predicted octanol–water partition coefficient (Wildman–Crippen LogP) is 4.62. The van der Waals surface area contributed by atoms with Crippen molar-refractivity contribution >= 4 is 57.9 Å². The molecule has 12 heteroatoms. The van der Waals surface area contributed by atoms with Crippen molar-refractivity contribution in [2.24, 2.45) is 0 Å². The molecule has 5 rings (SSSR count). The van der Waals surface area contributed by atoms with Crippen LogP contribution in [0.1, 0.15) is 23.7 Å². The van der Waals surface area contributed by atoms with Crippen molar-refractivity contribution in [3.05, 3.63) is 95.8 Å². The number of benzene rings is 2. The van der Waals surface area contributed by atoms with Gasteiger partial charge in [0.1, 0.15) is 23.7 Å². The molecule has 0 spiro atoms. The quantitative estimate of drug-likeness (QED) is 0.112. The van der Waals surface area contributed by atoms with Crippen LogP contribution >= 0.6 is 11.8 Å². The van der Waals surface area contributed by atoms with E-state index in [0.29, 0.717) is 22.8 Å². The fourth-order valence-corrected chi connectivity index (χ4v) is 5.28. The molecule has 2 N–H and O–H groups in total. The maximum Gasteiger partial charge on any atom is 0.364 e. The average molecular weight is 614 g/mol. The summed E-state index contributed by atoms with van der Waals surface area (Å²) in [6.45, 7) is 3.47. The molecule has 1 aliphatic heterocycles. The van der Waals surface area contributed by atoms with Crippen molar-refractivity contribution in [2.45, 2.75) is 31.7 Å². The van der Waals surface area contributed by atoms with Crippen molar-refractivity contribution < 1.29 is 28.6 Å². The fourth-order valence-electron chi connectivity index (χ4n) is 4.61. The lowest BCUT2D eigenvalue weighted by atomic mass is 10.1. The van der Waals surface area contributed by atoms with Crippen LogP contribution in [0.4, 0.5) is 11.5 Å². The number of nitrogens with one attached hydrogen (secondary N) is 2. The number of nitrogens with zero attached hydrogens (tertiary/aromatic N) is 3. The van der Waals surface area contributed by atoms with Gasteiger partial charge < -0.3 is 19.5 Å². The van der Waals surface area contributed by atoms with E-state index < -0.39 is 23.0 Å². The van der Waals surface area contributed by atoms with Gasteiger partial charge in [-0.3, -0.25) is 9.59 Å². The lowest BCUT2D eigenvalue weighted by molar-refractivity contribution is -0.199. The number of amides is 1. The molecule has 2 atom stereocenters. The summed E-state index contributed by atoms with van der Waals surface area (Å²) in [5.74, 6) is -0.565. The largest absolute Gasteiger partial charge is 0.487 e. The van der Waals surface area contributed by atoms with Gasteiger partial charge >= 0.3 is 11.2 Å². The Morgan fingerprint density at radius 1 is 1.14 bits per heavy atom. The zero-order valence-electron chi connectivity index (χ0n) is 24.6. The summed E-state index contributed by atoms with van der Waals surface area (Å²) in [6, 6.07) is 19.0. The lowest BCUT2D eigenvalue weighted by Crippen LogP contribution is -2.69. The molecule has 1 amide bonds. The molecule has 226 valence electrons. The van der Waals surface area contributed by atoms with Crippen LogP contribution in [0.25, 0.3) is 17.0 Å². The van der Waals surface area contributed by atoms with Gasteiger partial charge in [-0.05, 0) is 61.2 Å². The number of cyclic esters (lactones) is 1. The minimum absolute atomic E-state index is 0.158. The number of anilines is 2. The number of methoxy groups -OCH3 is 1. The highest BCUT2D eigenvalue weighted by molar-refractivity contribution is 7.99. The Hall–Kier alpha value is -4.78. The molecular weight excluding hydrogens is 582 g/mol. The van der Waals surface area contributed by atoms with Crippen LogP contribution in [0.2, 0.25) is 0 Å². The van der Waals surface area contributed by atoms with Crippen molar-refractivity contribution in [3.8, 4) is 5.75 Å². The van der Waals surface area contributed by atoms with E-state index in [4.69, 9.17) is 14.2 Å². The molecule has 0 aliphatic carbocycles. The van der Waals surface area contributed by atoms with E-state index in [9.17, 15) is 14.4 Å². The van der Waals surface area contributed by atoms with Gasteiger partial charge in [-0.25, -0.2) is 25.2 Å². The number of carbonyl (C=O) groups is 3. The van der Waals surface area contributed by atoms with Crippen LogP contribution in [0.5, 0.6) is 5.75 Å². The van der Waals surface area contributed by atoms with Crippen LogP contribution in [-0.4, -0.2) is 52.3 Å². The van der Waals surface area contributed by atoms with Gasteiger partial charge in [0.05, 0.1) is 5.69 Å². The van der Waals surface area contributed by atoms with Crippen molar-refractivity contribution in [2.75, 3.05) is 23.7 Å². The standard InChI is InChI=1S/C32H31N5O6S/c1-20-12-15-23-9-7-11-27(29(23)34-20)42-19-24-8-5-6-10-25(24)37-32(41-3,44-4)43-31(40)30(36-37)26(39)16-13-22-14-17-28(33-18-22)35-21(2)38/h5-18,30,36H,19H2,1-4H3,(H,33,35,38)/b16-13+. The third-order valence-electron chi connectivity index (χ3n) is 6.77. The van der Waals surface area contributed by atoms with Gasteiger partial charge in [0.25, 0.3) is 0 Å². The summed E-state index contributed by atoms with van der Waals surface area (Å²) in [6.07, 6.45) is 6.03. The SMILES string of the molecule is COC1(SC)OC(=O)C(C(=O)/C=C/c2ccc(NC(C)=O)nc2)NN1c1ccccc1COc1cccc2ccc(C)nc12. The Kier molecular flexibility index (Phi) is 9.23. The van der Waals surface area contributed by atoms with E-state index in [2.05, 4.69) is 20.7 Å². The smallest absolute Gasteiger partial charge is 0.364 e. The fraction of sp³-hybridized carbons (Fsp3) is 0.219. The number of carbonyl (C=O) groups excluding carboxylic acids is 3. The van der Waals surface area contributed by atoms with Crippen molar-refractivity contribution in [1.82, 2.24) is 15.4 Å². The highest BCUT2D eigenvalue weighted by Gasteiger charge is 2.51. The summed E-state index contributed by atoms with van der Waals surface area (Å²) < 4.78 is 17.7. The third-order valence-corrected chi connectivity index (χ3v) is 7.71. The molecule has 3 heterocycles. The third kappa shape index (κ3) is 6.57. The number of ketones is 1. The van der Waals surface area contributed by atoms with Gasteiger partial charge in [-0.2, -0.15) is 0 Å². The molecule has 2 aromatic carbocycles. The van der Waals surface area contributed by atoms with E-state index in [-0.39, 0.29) is 12.5 Å². The molecule has 0 radical (unpaired) electrons. The molecule has 4 aromatic rings. The minimum Gasteiger partial charge on any atom is -0.487 e. The summed E-state index contributed by atoms with van der Waals surface area (Å²) in [5, 5.41) is 3.47. The average Bonchev–Trinajstić information content (AvgIpc) is 3.03. The van der Waals surface area contributed by atoms with Gasteiger partial charge in [0, 0.05) is 36.9 Å². The zero-order chi connectivity index (χ0) is 31.3. The Balaban J connectivity index is 1.40. The Morgan fingerprint density at radius 2 is 1.95 bits per heavy atom. The number of thioether (sulfide) groups is 1. The Labute approximate surface area is 258 Å². The highest BCUT2D eigenvalue weighted by Crippen LogP contribution is 2.38. The number of para-hydroxylation sites is 2. The number of rotatable bonds is 10. The number of hydrogen-bond acceptors (Lipinski definition) is 11. The second-order valence-electron chi connectivity index (χ2n) is 9.84. The number of aromatic nitrogens is 2. The summed E-state index contributed by atoms with van der Waals surface area (Å²) in [4.78, 5) is 46.4. The normalized spacial score (nSPS) is 18.3. The first-order valence-electron chi connectivity index (χ1n) is 13.6. The number of ether oxygens (including phenoxy) is 3. The van der Waals surface area contributed by atoms with Crippen LogP contribution in [-0.2, 0) is 30.5 Å². The molecular formula is C32H31N5O6S. The number of esters is 1. The zero-order valence-corrected chi connectivity index (χ0v) is 25.4. The van der Waals surface area contributed by atoms with E-state index in [1.54, 1.807) is 18.4 Å². The first kappa shape index (κ1) is 30.7. The molecule has 0 saturated carbocycles. The summed E-state index contributed by atoms with van der Waals surface area (Å²) >= 11 is 1.14. The number of aryl methyl sites for hydroxylation is 1. The van der Waals surface area contributed by atoms with Crippen molar-refractivity contribution in [1.29, 1.82) is 0 Å². The van der Waals surface area contributed by atoms with E-state index in [1.807, 2.05) is 61.5 Å². The molecule has 2 unspecified atom stereocenters. The van der Waals surface area contributed by atoms with Crippen LogP contribution in [0, 0.1) is 6.92 Å². The molecule has 0 bridgehead atoms. The van der Waals surface area contributed by atoms with E-state index >= 15 is 0 Å². The molecule has 2 aromatic heterocycles. The number of hydrogen-bond donors (Lipinski definition) is 2. The number of pyridine rings is 2. The van der Waals surface area contributed by atoms with Gasteiger partial charge in [0.15, 0.2) is 11.8 Å².